The summed E-state index contributed by atoms with van der Waals surface area (Å²) in [6.07, 6.45) is -9.93. The maximum Gasteiger partial charge on any atom is 0.376 e. The third-order valence-corrected chi connectivity index (χ3v) is 7.37. The van der Waals surface area contributed by atoms with Gasteiger partial charge in [0.2, 0.25) is 12.1 Å². The van der Waals surface area contributed by atoms with Crippen molar-refractivity contribution in [3.63, 3.8) is 0 Å². The lowest BCUT2D eigenvalue weighted by molar-refractivity contribution is -0.296. The van der Waals surface area contributed by atoms with Gasteiger partial charge in [0.15, 0.2) is 6.29 Å². The number of phenols is 1. The molecule has 13 heteroatoms. The van der Waals surface area contributed by atoms with E-state index < -0.39 is 74.5 Å². The van der Waals surface area contributed by atoms with Gasteiger partial charge in [0.05, 0.1) is 19.8 Å². The molecule has 5 rings (SSSR count). The summed E-state index contributed by atoms with van der Waals surface area (Å²) in [5.74, 6) is -0.980. The Bertz CT molecular complexity index is 1340. The second kappa shape index (κ2) is 12.0. The van der Waals surface area contributed by atoms with Crippen LogP contribution in [0.25, 0.3) is 11.0 Å². The average molecular weight is 577 g/mol. The van der Waals surface area contributed by atoms with Gasteiger partial charge in [-0.1, -0.05) is 24.3 Å². The van der Waals surface area contributed by atoms with E-state index >= 15 is 0 Å². The maximum atomic E-state index is 12.9. The highest BCUT2D eigenvalue weighted by molar-refractivity contribution is 5.93. The van der Waals surface area contributed by atoms with Crippen molar-refractivity contribution in [3.8, 4) is 5.75 Å². The van der Waals surface area contributed by atoms with Crippen LogP contribution in [0.4, 0.5) is 0 Å². The smallest absolute Gasteiger partial charge is 0.376 e. The zero-order valence-corrected chi connectivity index (χ0v) is 21.8. The quantitative estimate of drug-likeness (QED) is 0.158. The molecule has 3 heterocycles. The molecular formula is C28H32O13. The summed E-state index contributed by atoms with van der Waals surface area (Å²) < 4.78 is 27.0. The molecule has 13 nitrogen and oxygen atoms in total. The first-order valence-corrected chi connectivity index (χ1v) is 13.0. The van der Waals surface area contributed by atoms with Crippen molar-refractivity contribution >= 4 is 16.9 Å². The molecule has 0 unspecified atom stereocenters. The normalized spacial score (nSPS) is 31.9. The number of phenolic OH excluding ortho intramolecular Hbond substituents is 1. The fourth-order valence-corrected chi connectivity index (χ4v) is 4.82. The van der Waals surface area contributed by atoms with Gasteiger partial charge >= 0.3 is 5.97 Å². The second-order valence-electron chi connectivity index (χ2n) is 10.2. The van der Waals surface area contributed by atoms with E-state index in [0.717, 1.165) is 11.1 Å². The monoisotopic (exact) mass is 576 g/mol. The van der Waals surface area contributed by atoms with E-state index in [0.29, 0.717) is 23.8 Å². The minimum Gasteiger partial charge on any atom is -0.508 e. The predicted molar refractivity (Wildman–Crippen MR) is 138 cm³/mol. The van der Waals surface area contributed by atoms with E-state index in [2.05, 4.69) is 0 Å². The Hall–Kier alpha value is -3.11. The number of benzene rings is 2. The first-order chi connectivity index (χ1) is 19.6. The molecule has 41 heavy (non-hydrogen) atoms. The van der Waals surface area contributed by atoms with Crippen LogP contribution in [0, 0.1) is 0 Å². The number of carbonyl (C=O) groups excluding carboxylic acids is 1. The number of aryl methyl sites for hydroxylation is 2. The zero-order valence-electron chi connectivity index (χ0n) is 21.8. The minimum atomic E-state index is -1.93. The van der Waals surface area contributed by atoms with E-state index in [1.807, 2.05) is 18.2 Å². The SMILES string of the molecule is O=C(O[C@@H]1O[C@H](CO[C@@H]2OC[C@](O)(CO)[C@H]2O)[C@@H](O)[C@H](O)[C@H]1O)c1cc2c(CCc3ccc(O)cc3)cccc2o1. The molecule has 0 radical (unpaired) electrons. The lowest BCUT2D eigenvalue weighted by atomic mass is 9.99. The molecule has 8 atom stereocenters. The number of furan rings is 1. The Labute approximate surface area is 233 Å². The van der Waals surface area contributed by atoms with Crippen molar-refractivity contribution in [3.05, 3.63) is 65.4 Å². The molecule has 2 aliphatic rings. The van der Waals surface area contributed by atoms with Gasteiger partial charge in [-0.25, -0.2) is 4.79 Å². The van der Waals surface area contributed by atoms with E-state index in [1.165, 1.54) is 6.07 Å². The molecule has 1 aromatic heterocycles. The molecule has 7 N–H and O–H groups in total. The molecule has 2 saturated heterocycles. The van der Waals surface area contributed by atoms with E-state index in [9.17, 15) is 40.5 Å². The van der Waals surface area contributed by atoms with Crippen LogP contribution in [0.5, 0.6) is 5.75 Å². The molecule has 2 fully saturated rings. The van der Waals surface area contributed by atoms with Crippen LogP contribution in [0.1, 0.15) is 21.7 Å². The lowest BCUT2D eigenvalue weighted by Gasteiger charge is -2.39. The second-order valence-corrected chi connectivity index (χ2v) is 10.2. The van der Waals surface area contributed by atoms with Gasteiger partial charge in [0.25, 0.3) is 0 Å². The van der Waals surface area contributed by atoms with Gasteiger partial charge < -0.3 is 59.1 Å². The number of fused-ring (bicyclic) bond motifs is 1. The van der Waals surface area contributed by atoms with Gasteiger partial charge in [0, 0.05) is 5.39 Å². The molecule has 0 saturated carbocycles. The summed E-state index contributed by atoms with van der Waals surface area (Å²) in [7, 11) is 0. The van der Waals surface area contributed by atoms with Crippen molar-refractivity contribution in [2.75, 3.05) is 19.8 Å². The zero-order chi connectivity index (χ0) is 29.3. The summed E-state index contributed by atoms with van der Waals surface area (Å²) in [5, 5.41) is 70.7. The van der Waals surface area contributed by atoms with Crippen molar-refractivity contribution in [2.45, 2.75) is 61.5 Å². The number of aliphatic hydroxyl groups excluding tert-OH is 5. The van der Waals surface area contributed by atoms with Crippen LogP contribution in [0.15, 0.2) is 52.9 Å². The number of carbonyl (C=O) groups is 1. The Balaban J connectivity index is 1.24. The van der Waals surface area contributed by atoms with Crippen molar-refractivity contribution in [1.82, 2.24) is 0 Å². The highest BCUT2D eigenvalue weighted by Crippen LogP contribution is 2.29. The molecule has 0 aliphatic carbocycles. The molecular weight excluding hydrogens is 544 g/mol. The maximum absolute atomic E-state index is 12.9. The number of hydrogen-bond donors (Lipinski definition) is 7. The average Bonchev–Trinajstić information content (AvgIpc) is 3.54. The van der Waals surface area contributed by atoms with Crippen LogP contribution in [0.3, 0.4) is 0 Å². The van der Waals surface area contributed by atoms with Crippen LogP contribution in [0.2, 0.25) is 0 Å². The fraction of sp³-hybridized carbons (Fsp3) is 0.464. The molecule has 222 valence electrons. The Morgan fingerprint density at radius 3 is 2.44 bits per heavy atom. The summed E-state index contributed by atoms with van der Waals surface area (Å²) >= 11 is 0. The van der Waals surface area contributed by atoms with Crippen molar-refractivity contribution in [1.29, 1.82) is 0 Å². The largest absolute Gasteiger partial charge is 0.508 e. The molecule has 2 aromatic carbocycles. The molecule has 3 aromatic rings. The van der Waals surface area contributed by atoms with Crippen LogP contribution < -0.4 is 0 Å². The summed E-state index contributed by atoms with van der Waals surface area (Å²) in [6.45, 7) is -1.67. The number of hydrogen-bond acceptors (Lipinski definition) is 13. The Morgan fingerprint density at radius 1 is 0.976 bits per heavy atom. The van der Waals surface area contributed by atoms with E-state index in [4.69, 9.17) is 23.4 Å². The molecule has 0 spiro atoms. The topological polar surface area (TPSA) is 209 Å². The Morgan fingerprint density at radius 2 is 1.73 bits per heavy atom. The van der Waals surface area contributed by atoms with Crippen LogP contribution in [-0.4, -0.2) is 110 Å². The van der Waals surface area contributed by atoms with Gasteiger partial charge in [-0.3, -0.25) is 0 Å². The number of ether oxygens (including phenoxy) is 4. The highest BCUT2D eigenvalue weighted by atomic mass is 16.7. The number of rotatable bonds is 9. The molecule has 0 amide bonds. The predicted octanol–water partition coefficient (Wildman–Crippen LogP) is -0.655. The third kappa shape index (κ3) is 6.09. The number of aliphatic hydroxyl groups is 6. The lowest BCUT2D eigenvalue weighted by Crippen LogP contribution is -2.60. The summed E-state index contributed by atoms with van der Waals surface area (Å²) in [6, 6.07) is 13.7. The van der Waals surface area contributed by atoms with Crippen molar-refractivity contribution < 1.29 is 63.9 Å². The third-order valence-electron chi connectivity index (χ3n) is 7.37. The van der Waals surface area contributed by atoms with Gasteiger partial charge in [-0.2, -0.15) is 0 Å². The van der Waals surface area contributed by atoms with E-state index in [-0.39, 0.29) is 11.5 Å². The van der Waals surface area contributed by atoms with E-state index in [1.54, 1.807) is 24.3 Å². The highest BCUT2D eigenvalue weighted by Gasteiger charge is 2.50. The Kier molecular flexibility index (Phi) is 8.61. The number of esters is 1. The van der Waals surface area contributed by atoms with Gasteiger partial charge in [0.1, 0.15) is 47.5 Å². The van der Waals surface area contributed by atoms with Crippen LogP contribution in [-0.2, 0) is 31.8 Å². The molecule has 2 aliphatic heterocycles. The first kappa shape index (κ1) is 29.4. The van der Waals surface area contributed by atoms with Crippen molar-refractivity contribution in [2.24, 2.45) is 0 Å². The standard InChI is InChI=1S/C28H32O13/c29-12-28(36)13-38-27(24(28)34)37-11-20-21(31)22(32)23(33)26(40-20)41-25(35)19-10-17-15(2-1-3-18(17)39-19)7-4-14-5-8-16(30)9-6-14/h1-3,5-6,8-10,20-24,26-27,29-34,36H,4,7,11-13H2/t20-,21-,22+,23-,24+,26+,27-,28-/m1/s1. The minimum absolute atomic E-state index is 0.174. The first-order valence-electron chi connectivity index (χ1n) is 13.0. The van der Waals surface area contributed by atoms with Crippen LogP contribution >= 0.6 is 0 Å². The summed E-state index contributed by atoms with van der Waals surface area (Å²) in [5.41, 5.74) is 0.434. The summed E-state index contributed by atoms with van der Waals surface area (Å²) in [4.78, 5) is 12.9. The fourth-order valence-electron chi connectivity index (χ4n) is 4.82. The van der Waals surface area contributed by atoms with Gasteiger partial charge in [-0.05, 0) is 48.2 Å². The molecule has 0 bridgehead atoms. The number of aromatic hydroxyl groups is 1. The van der Waals surface area contributed by atoms with Gasteiger partial charge in [-0.15, -0.1) is 0 Å².